The van der Waals surface area contributed by atoms with Gasteiger partial charge in [0.25, 0.3) is 5.91 Å². The first kappa shape index (κ1) is 25.2. The highest BCUT2D eigenvalue weighted by atomic mass is 32.1. The summed E-state index contributed by atoms with van der Waals surface area (Å²) in [6.45, 7) is 8.62. The zero-order valence-corrected chi connectivity index (χ0v) is 23.4. The van der Waals surface area contributed by atoms with Gasteiger partial charge in [-0.3, -0.25) is 14.3 Å². The summed E-state index contributed by atoms with van der Waals surface area (Å²) in [4.78, 5) is 19.1. The van der Waals surface area contributed by atoms with Crippen LogP contribution in [0.2, 0.25) is 19.6 Å². The van der Waals surface area contributed by atoms with Crippen LogP contribution in [0.25, 0.3) is 5.69 Å². The van der Waals surface area contributed by atoms with Crippen molar-refractivity contribution >= 4 is 26.2 Å². The minimum atomic E-state index is -1.32. The van der Waals surface area contributed by atoms with Crippen LogP contribution in [0.5, 0.6) is 0 Å². The van der Waals surface area contributed by atoms with E-state index < -0.39 is 8.07 Å². The van der Waals surface area contributed by atoms with Crippen molar-refractivity contribution in [2.45, 2.75) is 76.0 Å². The zero-order valence-electron chi connectivity index (χ0n) is 21.6. The average Bonchev–Trinajstić information content (AvgIpc) is 3.30. The lowest BCUT2D eigenvalue weighted by Crippen LogP contribution is -2.61. The fraction of sp³-hybridized carbons (Fsp3) is 0.448. The van der Waals surface area contributed by atoms with Gasteiger partial charge in [-0.05, 0) is 74.0 Å². The number of aromatic amines is 1. The maximum Gasteiger partial charge on any atom is 0.251 e. The molecule has 1 aliphatic heterocycles. The van der Waals surface area contributed by atoms with Gasteiger partial charge in [0.2, 0.25) is 0 Å². The van der Waals surface area contributed by atoms with Gasteiger partial charge in [0.15, 0.2) is 4.77 Å². The summed E-state index contributed by atoms with van der Waals surface area (Å²) in [5.74, 6) is 0.657. The summed E-state index contributed by atoms with van der Waals surface area (Å²) in [6.07, 6.45) is 9.52. The Bertz CT molecular complexity index is 1250. The molecule has 1 aromatic heterocycles. The smallest absolute Gasteiger partial charge is 0.251 e. The molecule has 1 aliphatic carbocycles. The van der Waals surface area contributed by atoms with Crippen LogP contribution in [-0.2, 0) is 6.54 Å². The molecule has 4 atom stereocenters. The molecule has 1 amide bonds. The molecule has 0 radical (unpaired) electrons. The van der Waals surface area contributed by atoms with E-state index in [4.69, 9.17) is 12.2 Å². The van der Waals surface area contributed by atoms with E-state index in [-0.39, 0.29) is 11.9 Å². The minimum Gasteiger partial charge on any atom is -0.349 e. The van der Waals surface area contributed by atoms with Crippen molar-refractivity contribution in [2.75, 3.05) is 0 Å². The number of hydrogen-bond acceptors (Lipinski definition) is 3. The number of rotatable bonds is 6. The summed E-state index contributed by atoms with van der Waals surface area (Å²) < 4.78 is 2.51. The third-order valence-corrected chi connectivity index (χ3v) is 11.1. The highest BCUT2D eigenvalue weighted by Crippen LogP contribution is 2.41. The number of aromatic nitrogens is 2. The largest absolute Gasteiger partial charge is 0.349 e. The molecule has 2 fully saturated rings. The maximum atomic E-state index is 13.2. The van der Waals surface area contributed by atoms with Gasteiger partial charge in [0, 0.05) is 47.9 Å². The fourth-order valence-corrected chi connectivity index (χ4v) is 8.98. The Morgan fingerprint density at radius 1 is 1.06 bits per heavy atom. The van der Waals surface area contributed by atoms with Gasteiger partial charge >= 0.3 is 0 Å². The maximum absolute atomic E-state index is 13.2. The van der Waals surface area contributed by atoms with Crippen molar-refractivity contribution < 1.29 is 4.79 Å². The highest BCUT2D eigenvalue weighted by Gasteiger charge is 2.44. The molecule has 4 unspecified atom stereocenters. The molecule has 2 heterocycles. The molecule has 1 saturated carbocycles. The van der Waals surface area contributed by atoms with E-state index >= 15 is 0 Å². The molecule has 2 N–H and O–H groups in total. The van der Waals surface area contributed by atoms with Crippen LogP contribution in [0, 0.1) is 10.7 Å². The number of carbonyl (C=O) groups is 1. The number of nitrogens with one attached hydrogen (secondary N) is 2. The van der Waals surface area contributed by atoms with Gasteiger partial charge in [0.05, 0.1) is 8.07 Å². The molecule has 2 aromatic carbocycles. The third kappa shape index (κ3) is 5.43. The van der Waals surface area contributed by atoms with E-state index in [1.54, 1.807) is 0 Å². The topological polar surface area (TPSA) is 53.1 Å². The van der Waals surface area contributed by atoms with E-state index in [0.29, 0.717) is 28.0 Å². The lowest BCUT2D eigenvalue weighted by atomic mass is 9.75. The normalized spacial score (nSPS) is 24.8. The van der Waals surface area contributed by atoms with Crippen molar-refractivity contribution in [3.8, 4) is 5.69 Å². The van der Waals surface area contributed by atoms with Crippen LogP contribution in [0.1, 0.15) is 48.0 Å². The molecular weight excluding hydrogens is 480 g/mol. The van der Waals surface area contributed by atoms with E-state index in [0.717, 1.165) is 31.5 Å². The molecule has 3 aromatic rings. The number of likely N-dealkylation sites (tertiary alicyclic amines) is 1. The monoisotopic (exact) mass is 518 g/mol. The van der Waals surface area contributed by atoms with Crippen molar-refractivity contribution in [1.82, 2.24) is 19.8 Å². The van der Waals surface area contributed by atoms with Crippen LogP contribution < -0.4 is 5.32 Å². The van der Waals surface area contributed by atoms with E-state index in [2.05, 4.69) is 65.2 Å². The van der Waals surface area contributed by atoms with Crippen LogP contribution in [0.4, 0.5) is 0 Å². The van der Waals surface area contributed by atoms with Crippen LogP contribution in [0.3, 0.4) is 0 Å². The summed E-state index contributed by atoms with van der Waals surface area (Å²) in [5, 5.41) is 3.37. The fourth-order valence-electron chi connectivity index (χ4n) is 6.44. The Balaban J connectivity index is 1.28. The lowest BCUT2D eigenvalue weighted by Gasteiger charge is -2.53. The van der Waals surface area contributed by atoms with Crippen molar-refractivity contribution in [3.05, 3.63) is 82.9 Å². The van der Waals surface area contributed by atoms with Gasteiger partial charge in [0.1, 0.15) is 0 Å². The SMILES string of the molecule is C[Si](C)(C)C1CCC2CC(NC(=O)c3cccc(-n4cc[nH]c4=S)c3)CCC2N1Cc1ccccc1. The first-order valence-electron chi connectivity index (χ1n) is 13.3. The van der Waals surface area contributed by atoms with Gasteiger partial charge in [-0.2, -0.15) is 0 Å². The minimum absolute atomic E-state index is 0.0132. The molecule has 5 rings (SSSR count). The second-order valence-electron chi connectivity index (χ2n) is 11.6. The van der Waals surface area contributed by atoms with Crippen molar-refractivity contribution in [1.29, 1.82) is 0 Å². The third-order valence-electron chi connectivity index (χ3n) is 8.16. The van der Waals surface area contributed by atoms with Crippen LogP contribution in [-0.4, -0.2) is 46.2 Å². The quantitative estimate of drug-likeness (QED) is 0.296. The Hall–Kier alpha value is -2.48. The van der Waals surface area contributed by atoms with E-state index in [1.807, 2.05) is 41.2 Å². The molecule has 36 heavy (non-hydrogen) atoms. The predicted molar refractivity (Wildman–Crippen MR) is 152 cm³/mol. The number of imidazole rings is 1. The first-order chi connectivity index (χ1) is 17.3. The van der Waals surface area contributed by atoms with Crippen molar-refractivity contribution in [3.63, 3.8) is 0 Å². The molecular formula is C29H38N4OSSi. The molecule has 0 bridgehead atoms. The Kier molecular flexibility index (Phi) is 7.33. The second-order valence-corrected chi connectivity index (χ2v) is 17.4. The standard InChI is InChI=1S/C29H38N4OSSi/c1-36(2,3)27-15-12-22-18-24(13-14-26(22)33(27)20-21-8-5-4-6-9-21)31-28(34)23-10-7-11-25(19-23)32-17-16-30-29(32)35/h4-11,16-17,19,22,24,26-27H,12-15,18,20H2,1-3H3,(H,30,35)(H,31,34). The average molecular weight is 519 g/mol. The number of H-pyrrole nitrogens is 1. The Labute approximate surface area is 220 Å². The molecule has 7 heteroatoms. The van der Waals surface area contributed by atoms with Crippen LogP contribution >= 0.6 is 12.2 Å². The number of benzene rings is 2. The van der Waals surface area contributed by atoms with Gasteiger partial charge in [-0.25, -0.2) is 0 Å². The molecule has 0 spiro atoms. The molecule has 5 nitrogen and oxygen atoms in total. The van der Waals surface area contributed by atoms with E-state index in [9.17, 15) is 4.79 Å². The number of nitrogens with zero attached hydrogens (tertiary/aromatic N) is 2. The van der Waals surface area contributed by atoms with Gasteiger partial charge in [-0.1, -0.05) is 56.0 Å². The summed E-state index contributed by atoms with van der Waals surface area (Å²) in [7, 11) is -1.32. The van der Waals surface area contributed by atoms with Gasteiger partial charge in [-0.15, -0.1) is 0 Å². The van der Waals surface area contributed by atoms with E-state index in [1.165, 1.54) is 18.4 Å². The Morgan fingerprint density at radius 3 is 2.58 bits per heavy atom. The van der Waals surface area contributed by atoms with Crippen molar-refractivity contribution in [2.24, 2.45) is 5.92 Å². The molecule has 1 saturated heterocycles. The first-order valence-corrected chi connectivity index (χ1v) is 17.2. The number of piperidine rings is 1. The number of amides is 1. The molecule has 190 valence electrons. The Morgan fingerprint density at radius 2 is 1.86 bits per heavy atom. The lowest BCUT2D eigenvalue weighted by molar-refractivity contribution is 0.0249. The predicted octanol–water partition coefficient (Wildman–Crippen LogP) is 6.34. The zero-order chi connectivity index (χ0) is 25.3. The number of hydrogen-bond donors (Lipinski definition) is 2. The molecule has 2 aliphatic rings. The van der Waals surface area contributed by atoms with Crippen LogP contribution in [0.15, 0.2) is 67.0 Å². The highest BCUT2D eigenvalue weighted by molar-refractivity contribution is 7.71. The number of carbonyl (C=O) groups excluding carboxylic acids is 1. The van der Waals surface area contributed by atoms with Gasteiger partial charge < -0.3 is 10.3 Å². The second kappa shape index (κ2) is 10.5. The number of fused-ring (bicyclic) bond motifs is 1. The summed E-state index contributed by atoms with van der Waals surface area (Å²) in [5.41, 5.74) is 3.72. The summed E-state index contributed by atoms with van der Waals surface area (Å²) >= 11 is 5.35. The summed E-state index contributed by atoms with van der Waals surface area (Å²) in [6, 6.07) is 19.5.